The number of aliphatic hydroxyl groups excluding tert-OH is 1. The summed E-state index contributed by atoms with van der Waals surface area (Å²) in [6, 6.07) is 1.94. The number of rotatable bonds is 4. The van der Waals surface area contributed by atoms with Gasteiger partial charge in [0.05, 0.1) is 6.61 Å². The van der Waals surface area contributed by atoms with Gasteiger partial charge >= 0.3 is 0 Å². The minimum atomic E-state index is -0.475. The SMILES string of the molecule is NC1(CO)CCC(C(=O)NCc2cc[nH]c2)CC1. The van der Waals surface area contributed by atoms with Crippen LogP contribution in [0.4, 0.5) is 0 Å². The zero-order chi connectivity index (χ0) is 13.0. The van der Waals surface area contributed by atoms with Crippen molar-refractivity contribution in [1.29, 1.82) is 0 Å². The van der Waals surface area contributed by atoms with E-state index in [1.165, 1.54) is 0 Å². The molecule has 0 atom stereocenters. The molecule has 0 radical (unpaired) electrons. The fraction of sp³-hybridized carbons (Fsp3) is 0.615. The monoisotopic (exact) mass is 251 g/mol. The van der Waals surface area contributed by atoms with Crippen LogP contribution in [0.1, 0.15) is 31.2 Å². The van der Waals surface area contributed by atoms with Gasteiger partial charge in [-0.2, -0.15) is 0 Å². The Bertz CT molecular complexity index is 381. The Morgan fingerprint density at radius 3 is 2.83 bits per heavy atom. The number of aromatic nitrogens is 1. The van der Waals surface area contributed by atoms with Crippen molar-refractivity contribution < 1.29 is 9.90 Å². The third kappa shape index (κ3) is 3.11. The van der Waals surface area contributed by atoms with Crippen LogP contribution < -0.4 is 11.1 Å². The van der Waals surface area contributed by atoms with Gasteiger partial charge < -0.3 is 21.1 Å². The van der Waals surface area contributed by atoms with E-state index < -0.39 is 5.54 Å². The number of carbonyl (C=O) groups excluding carboxylic acids is 1. The first-order chi connectivity index (χ1) is 8.63. The fourth-order valence-electron chi connectivity index (χ4n) is 2.41. The van der Waals surface area contributed by atoms with Crippen LogP contribution >= 0.6 is 0 Å². The minimum absolute atomic E-state index is 0.00465. The van der Waals surface area contributed by atoms with E-state index in [-0.39, 0.29) is 18.4 Å². The molecule has 0 aliphatic heterocycles. The summed E-state index contributed by atoms with van der Waals surface area (Å²) in [6.45, 7) is 0.567. The largest absolute Gasteiger partial charge is 0.394 e. The fourth-order valence-corrected chi connectivity index (χ4v) is 2.41. The summed E-state index contributed by atoms with van der Waals surface area (Å²) in [4.78, 5) is 14.9. The molecule has 1 aromatic heterocycles. The van der Waals surface area contributed by atoms with Gasteiger partial charge in [0.15, 0.2) is 0 Å². The quantitative estimate of drug-likeness (QED) is 0.628. The average molecular weight is 251 g/mol. The van der Waals surface area contributed by atoms with Crippen LogP contribution in [-0.2, 0) is 11.3 Å². The first-order valence-corrected chi connectivity index (χ1v) is 6.42. The highest BCUT2D eigenvalue weighted by molar-refractivity contribution is 5.78. The third-order valence-electron chi connectivity index (χ3n) is 3.80. The number of aromatic amines is 1. The summed E-state index contributed by atoms with van der Waals surface area (Å²) in [6.07, 6.45) is 6.66. The predicted octanol–water partition coefficient (Wildman–Crippen LogP) is 0.511. The maximum atomic E-state index is 12.0. The summed E-state index contributed by atoms with van der Waals surface area (Å²) in [5.74, 6) is 0.128. The van der Waals surface area contributed by atoms with Crippen molar-refractivity contribution in [2.75, 3.05) is 6.61 Å². The Morgan fingerprint density at radius 2 is 2.28 bits per heavy atom. The van der Waals surface area contributed by atoms with Crippen LogP contribution in [0.5, 0.6) is 0 Å². The van der Waals surface area contributed by atoms with E-state index in [0.29, 0.717) is 19.4 Å². The summed E-state index contributed by atoms with van der Waals surface area (Å²) < 4.78 is 0. The minimum Gasteiger partial charge on any atom is -0.394 e. The highest BCUT2D eigenvalue weighted by atomic mass is 16.3. The Labute approximate surface area is 107 Å². The molecule has 100 valence electrons. The van der Waals surface area contributed by atoms with Gasteiger partial charge in [-0.3, -0.25) is 4.79 Å². The Hall–Kier alpha value is -1.33. The van der Waals surface area contributed by atoms with Gasteiger partial charge in [0.1, 0.15) is 0 Å². The third-order valence-corrected chi connectivity index (χ3v) is 3.80. The van der Waals surface area contributed by atoms with Gasteiger partial charge in [0, 0.05) is 30.4 Å². The Balaban J connectivity index is 1.77. The van der Waals surface area contributed by atoms with Crippen LogP contribution in [0.15, 0.2) is 18.5 Å². The number of amides is 1. The molecular weight excluding hydrogens is 230 g/mol. The number of carbonyl (C=O) groups is 1. The van der Waals surface area contributed by atoms with Crippen LogP contribution in [0.2, 0.25) is 0 Å². The second-order valence-electron chi connectivity index (χ2n) is 5.23. The number of hydrogen-bond acceptors (Lipinski definition) is 3. The molecule has 0 aromatic carbocycles. The number of hydrogen-bond donors (Lipinski definition) is 4. The molecule has 1 aromatic rings. The molecule has 18 heavy (non-hydrogen) atoms. The maximum Gasteiger partial charge on any atom is 0.223 e. The van der Waals surface area contributed by atoms with Crippen molar-refractivity contribution in [3.05, 3.63) is 24.0 Å². The average Bonchev–Trinajstić information content (AvgIpc) is 2.90. The molecule has 0 unspecified atom stereocenters. The molecule has 0 spiro atoms. The molecule has 1 aliphatic rings. The smallest absolute Gasteiger partial charge is 0.223 e. The highest BCUT2D eigenvalue weighted by Crippen LogP contribution is 2.30. The number of nitrogens with one attached hydrogen (secondary N) is 2. The van der Waals surface area contributed by atoms with Crippen LogP contribution in [-0.4, -0.2) is 28.1 Å². The molecule has 0 bridgehead atoms. The van der Waals surface area contributed by atoms with Crippen LogP contribution in [0.25, 0.3) is 0 Å². The topological polar surface area (TPSA) is 91.1 Å². The van der Waals surface area contributed by atoms with E-state index in [1.807, 2.05) is 18.5 Å². The van der Waals surface area contributed by atoms with Gasteiger partial charge in [0.25, 0.3) is 0 Å². The molecule has 2 rings (SSSR count). The summed E-state index contributed by atoms with van der Waals surface area (Å²) in [7, 11) is 0. The molecule has 1 amide bonds. The van der Waals surface area contributed by atoms with E-state index in [1.54, 1.807) is 0 Å². The van der Waals surface area contributed by atoms with Gasteiger partial charge in [-0.25, -0.2) is 0 Å². The van der Waals surface area contributed by atoms with E-state index >= 15 is 0 Å². The van der Waals surface area contributed by atoms with Crippen LogP contribution in [0.3, 0.4) is 0 Å². The van der Waals surface area contributed by atoms with Crippen molar-refractivity contribution in [2.45, 2.75) is 37.8 Å². The Morgan fingerprint density at radius 1 is 1.56 bits per heavy atom. The van der Waals surface area contributed by atoms with E-state index in [0.717, 1.165) is 18.4 Å². The zero-order valence-corrected chi connectivity index (χ0v) is 10.5. The van der Waals surface area contributed by atoms with Gasteiger partial charge in [-0.15, -0.1) is 0 Å². The number of H-pyrrole nitrogens is 1. The van der Waals surface area contributed by atoms with Crippen LogP contribution in [0, 0.1) is 5.92 Å². The summed E-state index contributed by atoms with van der Waals surface area (Å²) >= 11 is 0. The van der Waals surface area contributed by atoms with Crippen molar-refractivity contribution >= 4 is 5.91 Å². The molecule has 1 saturated carbocycles. The molecule has 5 N–H and O–H groups in total. The van der Waals surface area contributed by atoms with E-state index in [2.05, 4.69) is 10.3 Å². The van der Waals surface area contributed by atoms with Gasteiger partial charge in [-0.05, 0) is 37.3 Å². The normalized spacial score (nSPS) is 28.0. The lowest BCUT2D eigenvalue weighted by atomic mass is 9.77. The molecule has 1 fully saturated rings. The predicted molar refractivity (Wildman–Crippen MR) is 68.6 cm³/mol. The number of aliphatic hydroxyl groups is 1. The van der Waals surface area contributed by atoms with E-state index in [4.69, 9.17) is 5.73 Å². The molecule has 1 aliphatic carbocycles. The molecular formula is C13H21N3O2. The lowest BCUT2D eigenvalue weighted by molar-refractivity contribution is -0.126. The summed E-state index contributed by atoms with van der Waals surface area (Å²) in [5.41, 5.74) is 6.58. The second-order valence-corrected chi connectivity index (χ2v) is 5.23. The number of nitrogens with two attached hydrogens (primary N) is 1. The van der Waals surface area contributed by atoms with Crippen molar-refractivity contribution in [1.82, 2.24) is 10.3 Å². The molecule has 0 saturated heterocycles. The Kier molecular flexibility index (Phi) is 4.04. The summed E-state index contributed by atoms with van der Waals surface area (Å²) in [5, 5.41) is 12.1. The second kappa shape index (κ2) is 5.54. The highest BCUT2D eigenvalue weighted by Gasteiger charge is 2.33. The maximum absolute atomic E-state index is 12.0. The standard InChI is InChI=1S/C13H21N3O2/c14-13(9-17)4-1-11(2-5-13)12(18)16-8-10-3-6-15-7-10/h3,6-7,11,15,17H,1-2,4-5,8-9,14H2,(H,16,18). The lowest BCUT2D eigenvalue weighted by Crippen LogP contribution is -2.48. The van der Waals surface area contributed by atoms with Gasteiger partial charge in [-0.1, -0.05) is 0 Å². The molecule has 5 nitrogen and oxygen atoms in total. The van der Waals surface area contributed by atoms with E-state index in [9.17, 15) is 9.90 Å². The van der Waals surface area contributed by atoms with Crippen molar-refractivity contribution in [3.8, 4) is 0 Å². The lowest BCUT2D eigenvalue weighted by Gasteiger charge is -2.35. The zero-order valence-electron chi connectivity index (χ0n) is 10.5. The van der Waals surface area contributed by atoms with Crippen molar-refractivity contribution in [2.24, 2.45) is 11.7 Å². The molecule has 5 heteroatoms. The first kappa shape index (κ1) is 13.1. The molecule has 1 heterocycles. The first-order valence-electron chi connectivity index (χ1n) is 6.42. The van der Waals surface area contributed by atoms with Gasteiger partial charge in [0.2, 0.25) is 5.91 Å². The van der Waals surface area contributed by atoms with Crippen molar-refractivity contribution in [3.63, 3.8) is 0 Å².